The lowest BCUT2D eigenvalue weighted by atomic mass is 10.1. The Bertz CT molecular complexity index is 456. The van der Waals surface area contributed by atoms with Crippen LogP contribution in [0.3, 0.4) is 0 Å². The molecule has 0 heterocycles. The first kappa shape index (κ1) is 11.6. The van der Waals surface area contributed by atoms with Crippen molar-refractivity contribution in [1.82, 2.24) is 5.32 Å². The van der Waals surface area contributed by atoms with Crippen LogP contribution in [0.1, 0.15) is 17.5 Å². The molecule has 2 rings (SSSR count). The van der Waals surface area contributed by atoms with Gasteiger partial charge in [-0.05, 0) is 18.9 Å². The SMILES string of the molecule is Cc1cccc(CNC(=O)[C@@H]2C[C@@H]2C(=O)O)c1. The monoisotopic (exact) mass is 233 g/mol. The Kier molecular flexibility index (Phi) is 3.13. The van der Waals surface area contributed by atoms with Crippen molar-refractivity contribution in [1.29, 1.82) is 0 Å². The van der Waals surface area contributed by atoms with Gasteiger partial charge in [-0.1, -0.05) is 29.8 Å². The van der Waals surface area contributed by atoms with Crippen molar-refractivity contribution < 1.29 is 14.7 Å². The van der Waals surface area contributed by atoms with E-state index in [1.165, 1.54) is 0 Å². The van der Waals surface area contributed by atoms with E-state index in [-0.39, 0.29) is 11.8 Å². The largest absolute Gasteiger partial charge is 0.481 e. The number of carboxylic acid groups (broad SMARTS) is 1. The van der Waals surface area contributed by atoms with E-state index in [2.05, 4.69) is 5.32 Å². The van der Waals surface area contributed by atoms with E-state index in [9.17, 15) is 9.59 Å². The molecule has 1 aromatic rings. The Morgan fingerprint density at radius 1 is 1.41 bits per heavy atom. The number of rotatable bonds is 4. The van der Waals surface area contributed by atoms with Crippen LogP contribution in [0.4, 0.5) is 0 Å². The van der Waals surface area contributed by atoms with Crippen molar-refractivity contribution in [3.8, 4) is 0 Å². The van der Waals surface area contributed by atoms with E-state index in [1.54, 1.807) is 0 Å². The van der Waals surface area contributed by atoms with Crippen LogP contribution in [0.5, 0.6) is 0 Å². The van der Waals surface area contributed by atoms with Crippen molar-refractivity contribution >= 4 is 11.9 Å². The molecule has 1 saturated carbocycles. The lowest BCUT2D eigenvalue weighted by Gasteiger charge is -2.05. The fourth-order valence-electron chi connectivity index (χ4n) is 1.90. The number of hydrogen-bond acceptors (Lipinski definition) is 2. The first-order chi connectivity index (χ1) is 8.08. The molecule has 1 fully saturated rings. The highest BCUT2D eigenvalue weighted by Crippen LogP contribution is 2.38. The molecule has 1 amide bonds. The van der Waals surface area contributed by atoms with E-state index in [1.807, 2.05) is 31.2 Å². The molecule has 17 heavy (non-hydrogen) atoms. The van der Waals surface area contributed by atoms with Gasteiger partial charge in [-0.2, -0.15) is 0 Å². The highest BCUT2D eigenvalue weighted by molar-refractivity contribution is 5.89. The molecule has 1 aromatic carbocycles. The van der Waals surface area contributed by atoms with E-state index in [0.29, 0.717) is 13.0 Å². The smallest absolute Gasteiger partial charge is 0.307 e. The van der Waals surface area contributed by atoms with Crippen LogP contribution < -0.4 is 5.32 Å². The second-order valence-electron chi connectivity index (χ2n) is 4.49. The van der Waals surface area contributed by atoms with Crippen molar-refractivity contribution in [2.45, 2.75) is 19.9 Å². The van der Waals surface area contributed by atoms with Crippen LogP contribution in [-0.4, -0.2) is 17.0 Å². The second-order valence-corrected chi connectivity index (χ2v) is 4.49. The summed E-state index contributed by atoms with van der Waals surface area (Å²) in [6.45, 7) is 2.45. The van der Waals surface area contributed by atoms with Gasteiger partial charge >= 0.3 is 5.97 Å². The molecule has 0 bridgehead atoms. The van der Waals surface area contributed by atoms with E-state index in [4.69, 9.17) is 5.11 Å². The molecular weight excluding hydrogens is 218 g/mol. The first-order valence-electron chi connectivity index (χ1n) is 5.64. The van der Waals surface area contributed by atoms with Crippen LogP contribution in [0.25, 0.3) is 0 Å². The molecule has 2 N–H and O–H groups in total. The Labute approximate surface area is 99.6 Å². The number of carbonyl (C=O) groups excluding carboxylic acids is 1. The Hall–Kier alpha value is -1.84. The molecule has 1 aliphatic carbocycles. The normalized spacial score (nSPS) is 21.9. The number of hydrogen-bond donors (Lipinski definition) is 2. The maximum absolute atomic E-state index is 11.6. The minimum absolute atomic E-state index is 0.154. The van der Waals surface area contributed by atoms with Crippen LogP contribution in [0.15, 0.2) is 24.3 Å². The van der Waals surface area contributed by atoms with Gasteiger partial charge in [-0.15, -0.1) is 0 Å². The van der Waals surface area contributed by atoms with Gasteiger partial charge in [0.2, 0.25) is 5.91 Å². The highest BCUT2D eigenvalue weighted by atomic mass is 16.4. The molecule has 0 unspecified atom stereocenters. The van der Waals surface area contributed by atoms with Crippen molar-refractivity contribution in [2.75, 3.05) is 0 Å². The number of nitrogens with one attached hydrogen (secondary N) is 1. The van der Waals surface area contributed by atoms with Gasteiger partial charge in [0, 0.05) is 6.54 Å². The third kappa shape index (κ3) is 2.84. The molecular formula is C13H15NO3. The first-order valence-corrected chi connectivity index (χ1v) is 5.64. The van der Waals surface area contributed by atoms with Gasteiger partial charge in [0.25, 0.3) is 0 Å². The second kappa shape index (κ2) is 4.57. The number of benzene rings is 1. The maximum atomic E-state index is 11.6. The van der Waals surface area contributed by atoms with Crippen LogP contribution in [0.2, 0.25) is 0 Å². The average Bonchev–Trinajstić information content (AvgIpc) is 3.06. The van der Waals surface area contributed by atoms with Crippen molar-refractivity contribution in [3.05, 3.63) is 35.4 Å². The van der Waals surface area contributed by atoms with E-state index in [0.717, 1.165) is 11.1 Å². The number of amides is 1. The minimum atomic E-state index is -0.874. The summed E-state index contributed by atoms with van der Waals surface area (Å²) in [5.74, 6) is -1.84. The zero-order chi connectivity index (χ0) is 12.4. The molecule has 4 nitrogen and oxygen atoms in total. The maximum Gasteiger partial charge on any atom is 0.307 e. The quantitative estimate of drug-likeness (QED) is 0.824. The molecule has 1 aliphatic rings. The molecule has 4 heteroatoms. The zero-order valence-electron chi connectivity index (χ0n) is 9.64. The Morgan fingerprint density at radius 3 is 2.76 bits per heavy atom. The summed E-state index contributed by atoms with van der Waals surface area (Å²) < 4.78 is 0. The lowest BCUT2D eigenvalue weighted by molar-refractivity contribution is -0.140. The van der Waals surface area contributed by atoms with Gasteiger partial charge in [0.1, 0.15) is 0 Å². The van der Waals surface area contributed by atoms with E-state index < -0.39 is 11.9 Å². The third-order valence-corrected chi connectivity index (χ3v) is 2.99. The number of aliphatic carboxylic acids is 1. The number of carbonyl (C=O) groups is 2. The predicted octanol–water partition coefficient (Wildman–Crippen LogP) is 1.33. The summed E-state index contributed by atoms with van der Waals surface area (Å²) in [6.07, 6.45) is 0.467. The lowest BCUT2D eigenvalue weighted by Crippen LogP contribution is -2.25. The van der Waals surface area contributed by atoms with E-state index >= 15 is 0 Å². The Balaban J connectivity index is 1.83. The third-order valence-electron chi connectivity index (χ3n) is 2.99. The van der Waals surface area contributed by atoms with Crippen LogP contribution in [0, 0.1) is 18.8 Å². The van der Waals surface area contributed by atoms with Gasteiger partial charge in [0.15, 0.2) is 0 Å². The summed E-state index contributed by atoms with van der Waals surface area (Å²) >= 11 is 0. The average molecular weight is 233 g/mol. The highest BCUT2D eigenvalue weighted by Gasteiger charge is 2.48. The molecule has 0 aliphatic heterocycles. The summed E-state index contributed by atoms with van der Waals surface area (Å²) in [4.78, 5) is 22.2. The molecule has 0 aromatic heterocycles. The zero-order valence-corrected chi connectivity index (χ0v) is 9.64. The standard InChI is InChI=1S/C13H15NO3/c1-8-3-2-4-9(5-8)7-14-12(15)10-6-11(10)13(16)17/h2-5,10-11H,6-7H2,1H3,(H,14,15)(H,16,17)/t10-,11+/m1/s1. The molecule has 0 spiro atoms. The minimum Gasteiger partial charge on any atom is -0.481 e. The molecule has 2 atom stereocenters. The predicted molar refractivity (Wildman–Crippen MR) is 62.3 cm³/mol. The Morgan fingerprint density at radius 2 is 2.18 bits per heavy atom. The van der Waals surface area contributed by atoms with Crippen LogP contribution >= 0.6 is 0 Å². The summed E-state index contributed by atoms with van der Waals surface area (Å²) in [5.41, 5.74) is 2.18. The number of carboxylic acids is 1. The van der Waals surface area contributed by atoms with Crippen molar-refractivity contribution in [2.24, 2.45) is 11.8 Å². The van der Waals surface area contributed by atoms with Gasteiger partial charge in [-0.25, -0.2) is 0 Å². The number of aryl methyl sites for hydroxylation is 1. The van der Waals surface area contributed by atoms with Gasteiger partial charge < -0.3 is 10.4 Å². The van der Waals surface area contributed by atoms with Crippen molar-refractivity contribution in [3.63, 3.8) is 0 Å². The molecule has 90 valence electrons. The summed E-state index contributed by atoms with van der Waals surface area (Å²) in [7, 11) is 0. The van der Waals surface area contributed by atoms with Crippen LogP contribution in [-0.2, 0) is 16.1 Å². The molecule has 0 radical (unpaired) electrons. The summed E-state index contributed by atoms with van der Waals surface area (Å²) in [5, 5.41) is 11.5. The fraction of sp³-hybridized carbons (Fsp3) is 0.385. The fourth-order valence-corrected chi connectivity index (χ4v) is 1.90. The van der Waals surface area contributed by atoms with Gasteiger partial charge in [0.05, 0.1) is 11.8 Å². The topological polar surface area (TPSA) is 66.4 Å². The van der Waals surface area contributed by atoms with Gasteiger partial charge in [-0.3, -0.25) is 9.59 Å². The molecule has 0 saturated heterocycles. The summed E-state index contributed by atoms with van der Waals surface area (Å²) in [6, 6.07) is 7.87.